The Bertz CT molecular complexity index is 884. The first kappa shape index (κ1) is 9.72. The summed E-state index contributed by atoms with van der Waals surface area (Å²) in [6.45, 7) is 2.13. The molecule has 1 heterocycles. The van der Waals surface area contributed by atoms with Crippen molar-refractivity contribution in [2.45, 2.75) is 6.92 Å². The molecular weight excluding hydrogens is 218 g/mol. The predicted molar refractivity (Wildman–Crippen MR) is 78.0 cm³/mol. The highest BCUT2D eigenvalue weighted by atomic mass is 14.7. The zero-order valence-electron chi connectivity index (χ0n) is 10.2. The molecule has 0 bridgehead atoms. The van der Waals surface area contributed by atoms with Crippen LogP contribution in [0.15, 0.2) is 54.6 Å². The minimum absolute atomic E-state index is 1.21. The average molecular weight is 231 g/mol. The van der Waals surface area contributed by atoms with Crippen LogP contribution in [0.5, 0.6) is 0 Å². The molecule has 1 N–H and O–H groups in total. The van der Waals surface area contributed by atoms with Crippen molar-refractivity contribution < 1.29 is 0 Å². The SMILES string of the molecule is Cc1ccc2cc3c(cc2c1)[nH]c1ccccc13. The molecule has 0 atom stereocenters. The third kappa shape index (κ3) is 1.28. The van der Waals surface area contributed by atoms with Crippen molar-refractivity contribution in [3.8, 4) is 0 Å². The summed E-state index contributed by atoms with van der Waals surface area (Å²) in [7, 11) is 0. The van der Waals surface area contributed by atoms with Gasteiger partial charge in [0.15, 0.2) is 0 Å². The Balaban J connectivity index is 2.23. The van der Waals surface area contributed by atoms with Gasteiger partial charge in [-0.15, -0.1) is 0 Å². The van der Waals surface area contributed by atoms with E-state index in [1.807, 2.05) is 0 Å². The lowest BCUT2D eigenvalue weighted by atomic mass is 10.0. The van der Waals surface area contributed by atoms with E-state index in [-0.39, 0.29) is 0 Å². The van der Waals surface area contributed by atoms with Crippen LogP contribution < -0.4 is 0 Å². The molecule has 3 aromatic carbocycles. The highest BCUT2D eigenvalue weighted by molar-refractivity contribution is 6.11. The van der Waals surface area contributed by atoms with E-state index in [1.54, 1.807) is 0 Å². The van der Waals surface area contributed by atoms with Crippen molar-refractivity contribution in [3.05, 3.63) is 60.2 Å². The van der Waals surface area contributed by atoms with Crippen LogP contribution in [0.3, 0.4) is 0 Å². The van der Waals surface area contributed by atoms with E-state index >= 15 is 0 Å². The Hall–Kier alpha value is -2.28. The Morgan fingerprint density at radius 3 is 2.56 bits per heavy atom. The lowest BCUT2D eigenvalue weighted by Gasteiger charge is -2.00. The number of para-hydroxylation sites is 1. The quantitative estimate of drug-likeness (QED) is 0.448. The van der Waals surface area contributed by atoms with Crippen molar-refractivity contribution >= 4 is 32.6 Å². The standard InChI is InChI=1S/C17H13N/c1-11-6-7-12-9-15-14-4-2-3-5-16(14)18-17(15)10-13(12)8-11/h2-10,18H,1H3. The van der Waals surface area contributed by atoms with E-state index < -0.39 is 0 Å². The molecule has 0 aliphatic heterocycles. The number of aromatic nitrogens is 1. The van der Waals surface area contributed by atoms with Crippen LogP contribution in [0.4, 0.5) is 0 Å². The number of nitrogens with one attached hydrogen (secondary N) is 1. The smallest absolute Gasteiger partial charge is 0.0471 e. The van der Waals surface area contributed by atoms with E-state index in [9.17, 15) is 0 Å². The summed E-state index contributed by atoms with van der Waals surface area (Å²) in [6, 6.07) is 19.6. The van der Waals surface area contributed by atoms with E-state index in [4.69, 9.17) is 0 Å². The molecular formula is C17H13N. The molecule has 1 heteroatoms. The third-order valence-electron chi connectivity index (χ3n) is 3.62. The summed E-state index contributed by atoms with van der Waals surface area (Å²) < 4.78 is 0. The third-order valence-corrected chi connectivity index (χ3v) is 3.62. The van der Waals surface area contributed by atoms with Gasteiger partial charge in [-0.2, -0.15) is 0 Å². The summed E-state index contributed by atoms with van der Waals surface area (Å²) in [5.74, 6) is 0. The normalized spacial score (nSPS) is 11.6. The Kier molecular flexibility index (Phi) is 1.81. The largest absolute Gasteiger partial charge is 0.354 e. The summed E-state index contributed by atoms with van der Waals surface area (Å²) in [5, 5.41) is 5.21. The first-order valence-corrected chi connectivity index (χ1v) is 6.22. The minimum atomic E-state index is 1.21. The number of hydrogen-bond donors (Lipinski definition) is 1. The van der Waals surface area contributed by atoms with Gasteiger partial charge < -0.3 is 4.98 Å². The molecule has 0 unspecified atom stereocenters. The highest BCUT2D eigenvalue weighted by Gasteiger charge is 2.05. The fourth-order valence-corrected chi connectivity index (χ4v) is 2.72. The molecule has 0 saturated heterocycles. The summed E-state index contributed by atoms with van der Waals surface area (Å²) >= 11 is 0. The first-order valence-electron chi connectivity index (χ1n) is 6.22. The van der Waals surface area contributed by atoms with Crippen LogP contribution in [0, 0.1) is 6.92 Å². The maximum absolute atomic E-state index is 3.49. The van der Waals surface area contributed by atoms with Gasteiger partial charge in [-0.1, -0.05) is 42.0 Å². The number of benzene rings is 3. The second-order valence-electron chi connectivity index (χ2n) is 4.92. The molecule has 1 aromatic heterocycles. The number of aryl methyl sites for hydroxylation is 1. The Morgan fingerprint density at radius 1 is 0.722 bits per heavy atom. The molecule has 0 radical (unpaired) electrons. The van der Waals surface area contributed by atoms with Gasteiger partial charge in [0.2, 0.25) is 0 Å². The van der Waals surface area contributed by atoms with E-state index in [0.29, 0.717) is 0 Å². The highest BCUT2D eigenvalue weighted by Crippen LogP contribution is 2.29. The van der Waals surface area contributed by atoms with Gasteiger partial charge >= 0.3 is 0 Å². The van der Waals surface area contributed by atoms with Crippen LogP contribution in [0.1, 0.15) is 5.56 Å². The van der Waals surface area contributed by atoms with E-state index in [1.165, 1.54) is 38.1 Å². The zero-order valence-corrected chi connectivity index (χ0v) is 10.2. The molecule has 86 valence electrons. The maximum atomic E-state index is 3.49. The molecule has 4 rings (SSSR count). The predicted octanol–water partition coefficient (Wildman–Crippen LogP) is 4.78. The van der Waals surface area contributed by atoms with Crippen LogP contribution >= 0.6 is 0 Å². The number of hydrogen-bond acceptors (Lipinski definition) is 0. The minimum Gasteiger partial charge on any atom is -0.354 e. The zero-order chi connectivity index (χ0) is 12.1. The molecule has 0 fully saturated rings. The number of aromatic amines is 1. The summed E-state index contributed by atoms with van der Waals surface area (Å²) in [5.41, 5.74) is 3.73. The van der Waals surface area contributed by atoms with Crippen LogP contribution in [0.2, 0.25) is 0 Å². The lowest BCUT2D eigenvalue weighted by molar-refractivity contribution is 1.50. The van der Waals surface area contributed by atoms with Crippen molar-refractivity contribution in [2.24, 2.45) is 0 Å². The van der Waals surface area contributed by atoms with Crippen molar-refractivity contribution in [1.29, 1.82) is 0 Å². The van der Waals surface area contributed by atoms with Gasteiger partial charge in [0.1, 0.15) is 0 Å². The lowest BCUT2D eigenvalue weighted by Crippen LogP contribution is -1.76. The molecule has 18 heavy (non-hydrogen) atoms. The second-order valence-corrected chi connectivity index (χ2v) is 4.92. The number of fused-ring (bicyclic) bond motifs is 4. The van der Waals surface area contributed by atoms with Gasteiger partial charge in [-0.25, -0.2) is 0 Å². The fraction of sp³-hybridized carbons (Fsp3) is 0.0588. The van der Waals surface area contributed by atoms with E-state index in [0.717, 1.165) is 0 Å². The van der Waals surface area contributed by atoms with Gasteiger partial charge in [-0.05, 0) is 35.9 Å². The second kappa shape index (κ2) is 3.36. The van der Waals surface area contributed by atoms with Gasteiger partial charge in [0.05, 0.1) is 0 Å². The van der Waals surface area contributed by atoms with Gasteiger partial charge in [0.25, 0.3) is 0 Å². The fourth-order valence-electron chi connectivity index (χ4n) is 2.72. The van der Waals surface area contributed by atoms with Crippen molar-refractivity contribution in [3.63, 3.8) is 0 Å². The van der Waals surface area contributed by atoms with Crippen LogP contribution in [-0.4, -0.2) is 4.98 Å². The molecule has 0 amide bonds. The summed E-state index contributed by atoms with van der Waals surface area (Å²) in [4.78, 5) is 3.49. The molecule has 0 aliphatic rings. The molecule has 0 spiro atoms. The Morgan fingerprint density at radius 2 is 1.61 bits per heavy atom. The molecule has 0 saturated carbocycles. The number of H-pyrrole nitrogens is 1. The van der Waals surface area contributed by atoms with Gasteiger partial charge in [0, 0.05) is 21.8 Å². The van der Waals surface area contributed by atoms with Gasteiger partial charge in [-0.3, -0.25) is 0 Å². The van der Waals surface area contributed by atoms with Crippen LogP contribution in [-0.2, 0) is 0 Å². The topological polar surface area (TPSA) is 15.8 Å². The number of rotatable bonds is 0. The molecule has 4 aromatic rings. The molecule has 0 aliphatic carbocycles. The van der Waals surface area contributed by atoms with Crippen LogP contribution in [0.25, 0.3) is 32.6 Å². The first-order chi connectivity index (χ1) is 8.81. The van der Waals surface area contributed by atoms with Crippen molar-refractivity contribution in [2.75, 3.05) is 0 Å². The summed E-state index contributed by atoms with van der Waals surface area (Å²) in [6.07, 6.45) is 0. The monoisotopic (exact) mass is 231 g/mol. The maximum Gasteiger partial charge on any atom is 0.0471 e. The van der Waals surface area contributed by atoms with Crippen molar-refractivity contribution in [1.82, 2.24) is 4.98 Å². The Labute approximate surface area is 105 Å². The average Bonchev–Trinajstić information content (AvgIpc) is 2.73. The molecule has 1 nitrogen and oxygen atoms in total. The van der Waals surface area contributed by atoms with E-state index in [2.05, 4.69) is 66.5 Å².